The zero-order valence-corrected chi connectivity index (χ0v) is 25.0. The van der Waals surface area contributed by atoms with Crippen LogP contribution in [0.5, 0.6) is 5.75 Å². The number of hydrogen-bond donors (Lipinski definition) is 3. The van der Waals surface area contributed by atoms with Gasteiger partial charge in [-0.05, 0) is 81.4 Å². The van der Waals surface area contributed by atoms with Gasteiger partial charge in [-0.25, -0.2) is 9.97 Å². The van der Waals surface area contributed by atoms with Crippen LogP contribution in [0, 0.1) is 6.92 Å². The van der Waals surface area contributed by atoms with Crippen molar-refractivity contribution in [2.75, 3.05) is 48.8 Å². The average molecular weight is 614 g/mol. The molecule has 9 nitrogen and oxygen atoms in total. The minimum Gasteiger partial charge on any atom is -0.495 e. The number of fused-ring (bicyclic) bond motifs is 1. The van der Waals surface area contributed by atoms with Crippen molar-refractivity contribution in [3.05, 3.63) is 53.0 Å². The summed E-state index contributed by atoms with van der Waals surface area (Å²) < 4.78 is 46.1. The molecule has 0 spiro atoms. The largest absolute Gasteiger partial charge is 0.495 e. The number of aryl methyl sites for hydroxylation is 1. The Labute approximate surface area is 251 Å². The van der Waals surface area contributed by atoms with E-state index in [2.05, 4.69) is 35.4 Å². The lowest BCUT2D eigenvalue weighted by Crippen LogP contribution is -2.50. The second-order valence-electron chi connectivity index (χ2n) is 11.2. The number of nitrogens with one attached hydrogen (secondary N) is 2. The highest BCUT2D eigenvalue weighted by Gasteiger charge is 2.52. The molecule has 2 aliphatic heterocycles. The summed E-state index contributed by atoms with van der Waals surface area (Å²) in [5.41, 5.74) is -0.935. The zero-order valence-electron chi connectivity index (χ0n) is 24.2. The van der Waals surface area contributed by atoms with Gasteiger partial charge in [0, 0.05) is 30.9 Å². The van der Waals surface area contributed by atoms with Crippen LogP contribution in [0.4, 0.5) is 42.1 Å². The third-order valence-corrected chi connectivity index (χ3v) is 9.30. The molecule has 43 heavy (non-hydrogen) atoms. The topological polar surface area (TPSA) is 98.7 Å². The normalized spacial score (nSPS) is 17.9. The number of aromatic nitrogens is 3. The van der Waals surface area contributed by atoms with Crippen LogP contribution in [0.3, 0.4) is 0 Å². The smallest absolute Gasteiger partial charge is 0.422 e. The summed E-state index contributed by atoms with van der Waals surface area (Å²) in [6.45, 7) is 6.98. The van der Waals surface area contributed by atoms with Gasteiger partial charge in [0.25, 0.3) is 0 Å². The van der Waals surface area contributed by atoms with Gasteiger partial charge >= 0.3 is 6.18 Å². The third-order valence-electron chi connectivity index (χ3n) is 8.31. The summed E-state index contributed by atoms with van der Waals surface area (Å²) in [7, 11) is 1.66. The van der Waals surface area contributed by atoms with Crippen molar-refractivity contribution in [2.24, 2.45) is 0 Å². The zero-order chi connectivity index (χ0) is 30.4. The number of halogens is 3. The summed E-state index contributed by atoms with van der Waals surface area (Å²) in [6.07, 6.45) is -1.31. The Balaban J connectivity index is 1.24. The van der Waals surface area contributed by atoms with Gasteiger partial charge in [-0.15, -0.1) is 11.3 Å². The first-order chi connectivity index (χ1) is 20.5. The molecule has 228 valence electrons. The lowest BCUT2D eigenvalue weighted by molar-refractivity contribution is -0.260. The molecule has 13 heteroatoms. The van der Waals surface area contributed by atoms with Crippen LogP contribution in [-0.4, -0.2) is 70.5 Å². The minimum atomic E-state index is -4.89. The Morgan fingerprint density at radius 2 is 1.79 bits per heavy atom. The lowest BCUT2D eigenvalue weighted by Gasteiger charge is -2.43. The maximum atomic E-state index is 13.5. The SMILES string of the molecule is COc1cc(Nc2nc(Nc3cccc(C(C)(O)C(F)(F)F)n3)c3c(C)csc3n2)ccc1N1CCC(N2CCC2)CC1. The molecule has 1 unspecified atom stereocenters. The maximum absolute atomic E-state index is 13.5. The van der Waals surface area contributed by atoms with Crippen LogP contribution < -0.4 is 20.3 Å². The second-order valence-corrected chi connectivity index (χ2v) is 12.1. The van der Waals surface area contributed by atoms with E-state index in [4.69, 9.17) is 4.74 Å². The molecule has 1 aromatic carbocycles. The van der Waals surface area contributed by atoms with Gasteiger partial charge < -0.3 is 30.3 Å². The Morgan fingerprint density at radius 3 is 2.47 bits per heavy atom. The molecular weight excluding hydrogens is 579 g/mol. The number of aliphatic hydroxyl groups is 1. The molecular formula is C30H34F3N7O2S. The number of nitrogens with zero attached hydrogens (tertiary/aromatic N) is 5. The fraction of sp³-hybridized carbons (Fsp3) is 0.433. The van der Waals surface area contributed by atoms with Crippen molar-refractivity contribution in [3.8, 4) is 5.75 Å². The van der Waals surface area contributed by atoms with E-state index in [9.17, 15) is 18.3 Å². The number of hydrogen-bond acceptors (Lipinski definition) is 10. The third kappa shape index (κ3) is 5.80. The van der Waals surface area contributed by atoms with Gasteiger partial charge in [-0.3, -0.25) is 0 Å². The molecule has 2 fully saturated rings. The molecule has 3 aromatic heterocycles. The maximum Gasteiger partial charge on any atom is 0.422 e. The quantitative estimate of drug-likeness (QED) is 0.210. The van der Waals surface area contributed by atoms with Crippen molar-refractivity contribution in [2.45, 2.75) is 50.9 Å². The Hall–Kier alpha value is -3.68. The monoisotopic (exact) mass is 613 g/mol. The fourth-order valence-electron chi connectivity index (χ4n) is 5.60. The Morgan fingerprint density at radius 1 is 1.02 bits per heavy atom. The van der Waals surface area contributed by atoms with Crippen LogP contribution in [-0.2, 0) is 5.60 Å². The summed E-state index contributed by atoms with van der Waals surface area (Å²) in [6, 6.07) is 10.7. The fourth-order valence-corrected chi connectivity index (χ4v) is 6.52. The van der Waals surface area contributed by atoms with E-state index < -0.39 is 17.5 Å². The Kier molecular flexibility index (Phi) is 7.82. The predicted octanol–water partition coefficient (Wildman–Crippen LogP) is 6.33. The van der Waals surface area contributed by atoms with Crippen molar-refractivity contribution < 1.29 is 23.0 Å². The number of piperidine rings is 1. The molecule has 4 aromatic rings. The molecule has 0 amide bonds. The van der Waals surface area contributed by atoms with Gasteiger partial charge in [-0.2, -0.15) is 18.2 Å². The number of benzene rings is 1. The van der Waals surface area contributed by atoms with E-state index in [1.54, 1.807) is 7.11 Å². The van der Waals surface area contributed by atoms with E-state index in [0.29, 0.717) is 29.6 Å². The van der Waals surface area contributed by atoms with E-state index in [0.717, 1.165) is 60.1 Å². The lowest BCUT2D eigenvalue weighted by atomic mass is 9.99. The summed E-state index contributed by atoms with van der Waals surface area (Å²) >= 11 is 1.44. The van der Waals surface area contributed by atoms with E-state index >= 15 is 0 Å². The summed E-state index contributed by atoms with van der Waals surface area (Å²) in [5.74, 6) is 1.55. The first-order valence-corrected chi connectivity index (χ1v) is 15.1. The van der Waals surface area contributed by atoms with Crippen LogP contribution in [0.15, 0.2) is 41.8 Å². The first-order valence-electron chi connectivity index (χ1n) is 14.3. The van der Waals surface area contributed by atoms with Crippen molar-refractivity contribution >= 4 is 50.5 Å². The molecule has 2 saturated heterocycles. The molecule has 0 saturated carbocycles. The number of pyridine rings is 1. The first kappa shape index (κ1) is 29.4. The van der Waals surface area contributed by atoms with Crippen molar-refractivity contribution in [3.63, 3.8) is 0 Å². The molecule has 5 heterocycles. The molecule has 0 bridgehead atoms. The highest BCUT2D eigenvalue weighted by Crippen LogP contribution is 2.39. The molecule has 0 aliphatic carbocycles. The van der Waals surface area contributed by atoms with Gasteiger partial charge in [0.05, 0.1) is 23.9 Å². The summed E-state index contributed by atoms with van der Waals surface area (Å²) in [5, 5.41) is 19.1. The van der Waals surface area contributed by atoms with Crippen molar-refractivity contribution in [1.82, 2.24) is 19.9 Å². The van der Waals surface area contributed by atoms with E-state index in [1.807, 2.05) is 30.5 Å². The van der Waals surface area contributed by atoms with Gasteiger partial charge in [0.1, 0.15) is 22.2 Å². The van der Waals surface area contributed by atoms with Crippen LogP contribution in [0.2, 0.25) is 0 Å². The number of alkyl halides is 3. The number of anilines is 5. The number of rotatable bonds is 8. The van der Waals surface area contributed by atoms with Gasteiger partial charge in [0.15, 0.2) is 5.60 Å². The molecule has 6 rings (SSSR count). The highest BCUT2D eigenvalue weighted by molar-refractivity contribution is 7.17. The Bertz CT molecular complexity index is 1620. The standard InChI is InChI=1S/C30H34F3N7O2S/c1-18-17-43-27-25(18)26(36-24-7-4-6-23(35-24)29(2,41)30(31,32)33)37-28(38-27)34-19-8-9-21(22(16-19)42-3)40-14-10-20(11-15-40)39-12-5-13-39/h4,6-9,16-17,20,41H,5,10-15H2,1-3H3,(H2,34,35,36,37,38). The summed E-state index contributed by atoms with van der Waals surface area (Å²) in [4.78, 5) is 19.0. The number of ether oxygens (including phenoxy) is 1. The number of likely N-dealkylation sites (tertiary alicyclic amines) is 1. The predicted molar refractivity (Wildman–Crippen MR) is 163 cm³/mol. The molecule has 1 atom stereocenters. The number of thiophene rings is 1. The van der Waals surface area contributed by atoms with Crippen LogP contribution in [0.25, 0.3) is 10.2 Å². The van der Waals surface area contributed by atoms with Crippen LogP contribution in [0.1, 0.15) is 37.4 Å². The molecule has 2 aliphatic rings. The van der Waals surface area contributed by atoms with E-state index in [-0.39, 0.29) is 5.82 Å². The van der Waals surface area contributed by atoms with E-state index in [1.165, 1.54) is 43.0 Å². The second kappa shape index (κ2) is 11.4. The van der Waals surface area contributed by atoms with Gasteiger partial charge in [0.2, 0.25) is 5.95 Å². The highest BCUT2D eigenvalue weighted by atomic mass is 32.1. The van der Waals surface area contributed by atoms with Crippen molar-refractivity contribution in [1.29, 1.82) is 0 Å². The van der Waals surface area contributed by atoms with Gasteiger partial charge in [-0.1, -0.05) is 6.07 Å². The average Bonchev–Trinajstić information content (AvgIpc) is 3.32. The number of methoxy groups -OCH3 is 1. The molecule has 3 N–H and O–H groups in total. The minimum absolute atomic E-state index is 0.113. The van der Waals surface area contributed by atoms with Crippen LogP contribution >= 0.6 is 11.3 Å². The molecule has 0 radical (unpaired) electrons.